The Kier molecular flexibility index (Phi) is 8.16. The van der Waals surface area contributed by atoms with Crippen LogP contribution in [0.15, 0.2) is 42.5 Å². The smallest absolute Gasteiger partial charge is 0.331 e. The third-order valence-electron chi connectivity index (χ3n) is 4.81. The minimum atomic E-state index is -0.556. The SMILES string of the molecule is C=C(C)CN(CC)C(=O)COC(=O)/C=C/c1c(C)nn(Cc2ccc(C)cc2)c1C. The molecular weight excluding hydrogens is 378 g/mol. The summed E-state index contributed by atoms with van der Waals surface area (Å²) < 4.78 is 7.03. The fourth-order valence-electron chi connectivity index (χ4n) is 3.10. The van der Waals surface area contributed by atoms with Gasteiger partial charge in [-0.05, 0) is 46.3 Å². The molecular formula is C24H31N3O3. The summed E-state index contributed by atoms with van der Waals surface area (Å²) in [7, 11) is 0. The Morgan fingerprint density at radius 3 is 2.47 bits per heavy atom. The molecule has 0 fully saturated rings. The molecule has 0 aliphatic heterocycles. The zero-order valence-electron chi connectivity index (χ0n) is 18.6. The predicted octanol–water partition coefficient (Wildman–Crippen LogP) is 3.84. The summed E-state index contributed by atoms with van der Waals surface area (Å²) in [5.41, 5.74) is 5.93. The number of carbonyl (C=O) groups excluding carboxylic acids is 2. The van der Waals surface area contributed by atoms with Gasteiger partial charge >= 0.3 is 5.97 Å². The highest BCUT2D eigenvalue weighted by molar-refractivity contribution is 5.89. The van der Waals surface area contributed by atoms with Gasteiger partial charge in [0.05, 0.1) is 12.2 Å². The molecule has 30 heavy (non-hydrogen) atoms. The molecule has 0 atom stereocenters. The van der Waals surface area contributed by atoms with Crippen molar-refractivity contribution in [2.75, 3.05) is 19.7 Å². The molecule has 1 aromatic heterocycles. The van der Waals surface area contributed by atoms with E-state index < -0.39 is 5.97 Å². The maximum atomic E-state index is 12.2. The van der Waals surface area contributed by atoms with Crippen LogP contribution < -0.4 is 0 Å². The third kappa shape index (κ3) is 6.44. The molecule has 1 amide bonds. The average Bonchev–Trinajstić information content (AvgIpc) is 2.96. The molecule has 2 rings (SSSR count). The van der Waals surface area contributed by atoms with E-state index in [-0.39, 0.29) is 12.5 Å². The summed E-state index contributed by atoms with van der Waals surface area (Å²) in [5, 5.41) is 4.59. The fourth-order valence-corrected chi connectivity index (χ4v) is 3.10. The van der Waals surface area contributed by atoms with Crippen molar-refractivity contribution >= 4 is 18.0 Å². The van der Waals surface area contributed by atoms with Crippen LogP contribution in [0.3, 0.4) is 0 Å². The first-order chi connectivity index (χ1) is 14.2. The maximum absolute atomic E-state index is 12.2. The minimum Gasteiger partial charge on any atom is -0.452 e. The Balaban J connectivity index is 1.99. The largest absolute Gasteiger partial charge is 0.452 e. The van der Waals surface area contributed by atoms with E-state index in [2.05, 4.69) is 42.9 Å². The summed E-state index contributed by atoms with van der Waals surface area (Å²) in [5.74, 6) is -0.791. The number of carbonyl (C=O) groups is 2. The van der Waals surface area contributed by atoms with E-state index in [9.17, 15) is 9.59 Å². The minimum absolute atomic E-state index is 0.236. The number of benzene rings is 1. The van der Waals surface area contributed by atoms with E-state index in [1.54, 1.807) is 11.0 Å². The van der Waals surface area contributed by atoms with Crippen LogP contribution in [0.1, 0.15) is 41.9 Å². The van der Waals surface area contributed by atoms with Crippen LogP contribution in [-0.2, 0) is 20.9 Å². The third-order valence-corrected chi connectivity index (χ3v) is 4.81. The number of likely N-dealkylation sites (N-methyl/N-ethyl adjacent to an activating group) is 1. The second-order valence-electron chi connectivity index (χ2n) is 7.53. The summed E-state index contributed by atoms with van der Waals surface area (Å²) in [6, 6.07) is 8.33. The average molecular weight is 410 g/mol. The number of rotatable bonds is 9. The predicted molar refractivity (Wildman–Crippen MR) is 119 cm³/mol. The summed E-state index contributed by atoms with van der Waals surface area (Å²) in [6.07, 6.45) is 3.04. The van der Waals surface area contributed by atoms with Crippen LogP contribution in [-0.4, -0.2) is 46.3 Å². The van der Waals surface area contributed by atoms with Gasteiger partial charge in [0.2, 0.25) is 0 Å². The molecule has 0 aliphatic rings. The monoisotopic (exact) mass is 409 g/mol. The molecule has 0 N–H and O–H groups in total. The first-order valence-corrected chi connectivity index (χ1v) is 10.1. The first-order valence-electron chi connectivity index (χ1n) is 10.1. The summed E-state index contributed by atoms with van der Waals surface area (Å²) in [6.45, 7) is 14.9. The molecule has 6 nitrogen and oxygen atoms in total. The Morgan fingerprint density at radius 1 is 1.20 bits per heavy atom. The number of amides is 1. The second kappa shape index (κ2) is 10.6. The van der Waals surface area contributed by atoms with Crippen molar-refractivity contribution in [2.45, 2.75) is 41.2 Å². The molecule has 0 aliphatic carbocycles. The van der Waals surface area contributed by atoms with Gasteiger partial charge in [-0.1, -0.05) is 42.0 Å². The summed E-state index contributed by atoms with van der Waals surface area (Å²) in [4.78, 5) is 25.8. The van der Waals surface area contributed by atoms with Crippen LogP contribution in [0.5, 0.6) is 0 Å². The van der Waals surface area contributed by atoms with Crippen molar-refractivity contribution in [1.82, 2.24) is 14.7 Å². The molecule has 0 radical (unpaired) electrons. The molecule has 6 heteroatoms. The van der Waals surface area contributed by atoms with Gasteiger partial charge in [-0.3, -0.25) is 9.48 Å². The van der Waals surface area contributed by atoms with Crippen LogP contribution >= 0.6 is 0 Å². The molecule has 1 heterocycles. The number of nitrogens with zero attached hydrogens (tertiary/aromatic N) is 3. The molecule has 0 spiro atoms. The number of aryl methyl sites for hydroxylation is 2. The number of esters is 1. The Labute approximate surface area is 178 Å². The highest BCUT2D eigenvalue weighted by Gasteiger charge is 2.14. The van der Waals surface area contributed by atoms with Gasteiger partial charge in [0.1, 0.15) is 0 Å². The topological polar surface area (TPSA) is 64.4 Å². The molecule has 0 saturated carbocycles. The van der Waals surface area contributed by atoms with Crippen LogP contribution in [0.25, 0.3) is 6.08 Å². The Bertz CT molecular complexity index is 939. The molecule has 160 valence electrons. The van der Waals surface area contributed by atoms with Crippen molar-refractivity contribution in [3.63, 3.8) is 0 Å². The zero-order chi connectivity index (χ0) is 22.3. The molecule has 2 aromatic rings. The van der Waals surface area contributed by atoms with Gasteiger partial charge < -0.3 is 9.64 Å². The van der Waals surface area contributed by atoms with Gasteiger partial charge in [0.25, 0.3) is 5.91 Å². The standard InChI is InChI=1S/C24H31N3O3/c1-7-26(14-17(2)3)23(28)16-30-24(29)13-12-22-19(5)25-27(20(22)6)15-21-10-8-18(4)9-11-21/h8-13H,2,7,14-16H2,1,3-6H3/b13-12+. The lowest BCUT2D eigenvalue weighted by molar-refractivity contribution is -0.147. The Morgan fingerprint density at radius 2 is 1.87 bits per heavy atom. The van der Waals surface area contributed by atoms with Crippen molar-refractivity contribution in [3.05, 3.63) is 70.6 Å². The van der Waals surface area contributed by atoms with Gasteiger partial charge in [0, 0.05) is 30.4 Å². The highest BCUT2D eigenvalue weighted by atomic mass is 16.5. The molecule has 0 saturated heterocycles. The van der Waals surface area contributed by atoms with E-state index in [4.69, 9.17) is 4.74 Å². The Hall–Kier alpha value is -3.15. The van der Waals surface area contributed by atoms with Crippen LogP contribution in [0, 0.1) is 20.8 Å². The van der Waals surface area contributed by atoms with Gasteiger partial charge in [-0.25, -0.2) is 4.79 Å². The first kappa shape index (κ1) is 23.1. The van der Waals surface area contributed by atoms with Crippen molar-refractivity contribution in [1.29, 1.82) is 0 Å². The van der Waals surface area contributed by atoms with Crippen molar-refractivity contribution < 1.29 is 14.3 Å². The summed E-state index contributed by atoms with van der Waals surface area (Å²) >= 11 is 0. The zero-order valence-corrected chi connectivity index (χ0v) is 18.6. The molecule has 1 aromatic carbocycles. The number of hydrogen-bond donors (Lipinski definition) is 0. The number of aromatic nitrogens is 2. The molecule has 0 bridgehead atoms. The fraction of sp³-hybridized carbons (Fsp3) is 0.375. The van der Waals surface area contributed by atoms with Crippen LogP contribution in [0.2, 0.25) is 0 Å². The second-order valence-corrected chi connectivity index (χ2v) is 7.53. The lowest BCUT2D eigenvalue weighted by Crippen LogP contribution is -2.35. The van der Waals surface area contributed by atoms with Crippen molar-refractivity contribution in [3.8, 4) is 0 Å². The normalized spacial score (nSPS) is 11.0. The maximum Gasteiger partial charge on any atom is 0.331 e. The van der Waals surface area contributed by atoms with Gasteiger partial charge in [0.15, 0.2) is 6.61 Å². The van der Waals surface area contributed by atoms with Gasteiger partial charge in [-0.2, -0.15) is 5.10 Å². The lowest BCUT2D eigenvalue weighted by atomic mass is 10.1. The van der Waals surface area contributed by atoms with Crippen molar-refractivity contribution in [2.24, 2.45) is 0 Å². The van der Waals surface area contributed by atoms with E-state index >= 15 is 0 Å². The van der Waals surface area contributed by atoms with E-state index in [0.29, 0.717) is 19.6 Å². The van der Waals surface area contributed by atoms with Crippen LogP contribution in [0.4, 0.5) is 0 Å². The lowest BCUT2D eigenvalue weighted by Gasteiger charge is -2.20. The number of hydrogen-bond acceptors (Lipinski definition) is 4. The molecule has 0 unspecified atom stereocenters. The quantitative estimate of drug-likeness (QED) is 0.359. The van der Waals surface area contributed by atoms with Gasteiger partial charge in [-0.15, -0.1) is 0 Å². The van der Waals surface area contributed by atoms with E-state index in [1.807, 2.05) is 32.4 Å². The highest BCUT2D eigenvalue weighted by Crippen LogP contribution is 2.17. The number of ether oxygens (including phenoxy) is 1. The van der Waals surface area contributed by atoms with E-state index in [0.717, 1.165) is 28.1 Å². The van der Waals surface area contributed by atoms with E-state index in [1.165, 1.54) is 11.6 Å².